The third-order valence-corrected chi connectivity index (χ3v) is 9.09. The van der Waals surface area contributed by atoms with Gasteiger partial charge in [0, 0.05) is 30.1 Å². The van der Waals surface area contributed by atoms with E-state index in [4.69, 9.17) is 4.74 Å². The minimum absolute atomic E-state index is 0.0722. The molecule has 39 heavy (non-hydrogen) atoms. The summed E-state index contributed by atoms with van der Waals surface area (Å²) in [6.45, 7) is 5.27. The lowest BCUT2D eigenvalue weighted by Crippen LogP contribution is -2.71. The molecule has 1 unspecified atom stereocenters. The van der Waals surface area contributed by atoms with Crippen LogP contribution in [0.5, 0.6) is 0 Å². The average Bonchev–Trinajstić information content (AvgIpc) is 3.52. The van der Waals surface area contributed by atoms with Crippen molar-refractivity contribution in [3.8, 4) is 0 Å². The van der Waals surface area contributed by atoms with E-state index < -0.39 is 46.8 Å². The van der Waals surface area contributed by atoms with E-state index in [1.54, 1.807) is 20.9 Å². The zero-order valence-electron chi connectivity index (χ0n) is 21.2. The van der Waals surface area contributed by atoms with Crippen molar-refractivity contribution in [3.05, 3.63) is 27.6 Å². The number of nitrogens with zero attached hydrogens (tertiary/aromatic N) is 7. The Morgan fingerprint density at radius 1 is 1.33 bits per heavy atom. The molecule has 18 heteroatoms. The van der Waals surface area contributed by atoms with Crippen molar-refractivity contribution in [1.82, 2.24) is 35.0 Å². The van der Waals surface area contributed by atoms with Gasteiger partial charge in [-0.15, -0.1) is 33.2 Å². The predicted molar refractivity (Wildman–Crippen MR) is 139 cm³/mol. The van der Waals surface area contributed by atoms with Gasteiger partial charge in [0.1, 0.15) is 22.7 Å². The molecule has 2 aliphatic heterocycles. The number of aromatic nitrogens is 5. The number of hydrogen-bond donors (Lipinski definition) is 2. The monoisotopic (exact) mass is 596 g/mol. The van der Waals surface area contributed by atoms with E-state index in [0.29, 0.717) is 17.2 Å². The summed E-state index contributed by atoms with van der Waals surface area (Å²) in [5.74, 6) is -3.57. The van der Waals surface area contributed by atoms with E-state index in [2.05, 4.69) is 25.8 Å². The summed E-state index contributed by atoms with van der Waals surface area (Å²) in [5, 5.41) is 24.6. The van der Waals surface area contributed by atoms with Gasteiger partial charge >= 0.3 is 23.9 Å². The van der Waals surface area contributed by atoms with Crippen LogP contribution in [-0.2, 0) is 26.2 Å². The molecule has 2 atom stereocenters. The fourth-order valence-electron chi connectivity index (χ4n) is 3.52. The SMILES string of the molecule is CCC(C)(C)OC(=O)N=c1sccn1C(=O)C(=O)NC1C(=O)N2C(C(=O)O)=C(CSc3nnnn3C)CS[C@@H]12. The highest BCUT2D eigenvalue weighted by Gasteiger charge is 2.54. The molecule has 0 radical (unpaired) electrons. The second kappa shape index (κ2) is 11.3. The van der Waals surface area contributed by atoms with Crippen LogP contribution >= 0.6 is 34.9 Å². The molecule has 3 amide bonds. The number of hydrogen-bond acceptors (Lipinski definition) is 12. The van der Waals surface area contributed by atoms with Crippen LogP contribution in [0.1, 0.15) is 32.0 Å². The third kappa shape index (κ3) is 5.91. The number of tetrazole rings is 1. The number of thioether (sulfide) groups is 2. The summed E-state index contributed by atoms with van der Waals surface area (Å²) < 4.78 is 7.59. The van der Waals surface area contributed by atoms with Gasteiger partial charge in [0.2, 0.25) is 9.96 Å². The van der Waals surface area contributed by atoms with Gasteiger partial charge in [-0.2, -0.15) is 0 Å². The van der Waals surface area contributed by atoms with Gasteiger partial charge in [0.15, 0.2) is 0 Å². The standard InChI is InChI=1S/C21H24N8O7S3/c1-5-21(2,3)36-20(35)23-18-28(6-7-37-18)15(32)13(30)22-11-14(31)29-12(17(33)34)10(8-38-16(11)29)9-39-19-24-25-26-27(19)4/h6-7,11,16H,5,8-9H2,1-4H3,(H,22,30)(H,33,34)/t11?,16-/m0/s1. The van der Waals surface area contributed by atoms with E-state index in [1.165, 1.54) is 39.8 Å². The molecule has 0 aliphatic carbocycles. The first-order chi connectivity index (χ1) is 18.4. The number of carboxylic acid groups (broad SMARTS) is 1. The fourth-order valence-corrected chi connectivity index (χ4v) is 6.54. The molecule has 2 aromatic heterocycles. The van der Waals surface area contributed by atoms with E-state index >= 15 is 0 Å². The van der Waals surface area contributed by atoms with Crippen LogP contribution in [-0.4, -0.2) is 93.1 Å². The van der Waals surface area contributed by atoms with Crippen LogP contribution in [0.4, 0.5) is 4.79 Å². The molecule has 2 aliphatic rings. The number of fused-ring (bicyclic) bond motifs is 1. The zero-order chi connectivity index (χ0) is 28.5. The summed E-state index contributed by atoms with van der Waals surface area (Å²) >= 11 is 3.45. The Morgan fingerprint density at radius 2 is 2.08 bits per heavy atom. The maximum absolute atomic E-state index is 12.9. The largest absolute Gasteiger partial charge is 0.477 e. The summed E-state index contributed by atoms with van der Waals surface area (Å²) in [4.78, 5) is 67.6. The number of thiazole rings is 1. The molecule has 0 aromatic carbocycles. The Kier molecular flexibility index (Phi) is 8.26. The maximum Gasteiger partial charge on any atom is 0.436 e. The van der Waals surface area contributed by atoms with Gasteiger partial charge in [-0.3, -0.25) is 23.9 Å². The first-order valence-electron chi connectivity index (χ1n) is 11.5. The van der Waals surface area contributed by atoms with Crippen LogP contribution in [0.2, 0.25) is 0 Å². The fraction of sp³-hybridized carbons (Fsp3) is 0.476. The van der Waals surface area contributed by atoms with Crippen LogP contribution in [0.15, 0.2) is 33.0 Å². The smallest absolute Gasteiger partial charge is 0.436 e. The van der Waals surface area contributed by atoms with Crippen molar-refractivity contribution < 1.29 is 33.8 Å². The number of amides is 3. The van der Waals surface area contributed by atoms with Gasteiger partial charge in [-0.05, 0) is 36.3 Å². The molecule has 1 saturated heterocycles. The molecule has 4 rings (SSSR count). The predicted octanol–water partition coefficient (Wildman–Crippen LogP) is 0.470. The minimum atomic E-state index is -1.28. The summed E-state index contributed by atoms with van der Waals surface area (Å²) in [6.07, 6.45) is 0.909. The average molecular weight is 597 g/mol. The number of ether oxygens (including phenoxy) is 1. The number of aliphatic carboxylic acids is 1. The highest BCUT2D eigenvalue weighted by Crippen LogP contribution is 2.41. The van der Waals surface area contributed by atoms with E-state index in [-0.39, 0.29) is 22.0 Å². The van der Waals surface area contributed by atoms with Gasteiger partial charge < -0.3 is 15.2 Å². The molecule has 0 bridgehead atoms. The van der Waals surface area contributed by atoms with Gasteiger partial charge in [0.25, 0.3) is 5.91 Å². The van der Waals surface area contributed by atoms with Crippen LogP contribution in [0.25, 0.3) is 0 Å². The lowest BCUT2D eigenvalue weighted by molar-refractivity contribution is -0.150. The Balaban J connectivity index is 1.45. The number of β-lactam (4-membered cyclic amide) rings is 1. The Labute approximate surface area is 233 Å². The summed E-state index contributed by atoms with van der Waals surface area (Å²) in [7, 11) is 1.65. The van der Waals surface area contributed by atoms with Crippen molar-refractivity contribution in [3.63, 3.8) is 0 Å². The number of carbonyl (C=O) groups excluding carboxylic acids is 4. The molecular formula is C21H24N8O7S3. The van der Waals surface area contributed by atoms with E-state index in [1.807, 2.05) is 6.92 Å². The van der Waals surface area contributed by atoms with Gasteiger partial charge in [-0.1, -0.05) is 18.7 Å². The molecule has 2 aromatic rings. The number of carbonyl (C=O) groups is 5. The van der Waals surface area contributed by atoms with E-state index in [9.17, 15) is 29.1 Å². The quantitative estimate of drug-likeness (QED) is 0.256. The van der Waals surface area contributed by atoms with Crippen molar-refractivity contribution in [2.75, 3.05) is 11.5 Å². The van der Waals surface area contributed by atoms with Crippen molar-refractivity contribution >= 4 is 64.6 Å². The number of nitrogens with one attached hydrogen (secondary N) is 1. The molecule has 2 N–H and O–H groups in total. The van der Waals surface area contributed by atoms with Crippen molar-refractivity contribution in [1.29, 1.82) is 0 Å². The highest BCUT2D eigenvalue weighted by molar-refractivity contribution is 8.01. The van der Waals surface area contributed by atoms with Crippen molar-refractivity contribution in [2.24, 2.45) is 12.0 Å². The highest BCUT2D eigenvalue weighted by atomic mass is 32.2. The molecule has 1 fully saturated rings. The maximum atomic E-state index is 12.9. The van der Waals surface area contributed by atoms with Gasteiger partial charge in [0.05, 0.1) is 0 Å². The number of carboxylic acids is 1. The zero-order valence-corrected chi connectivity index (χ0v) is 23.6. The van der Waals surface area contributed by atoms with Crippen molar-refractivity contribution in [2.45, 2.75) is 49.4 Å². The molecule has 4 heterocycles. The van der Waals surface area contributed by atoms with Crippen LogP contribution in [0.3, 0.4) is 0 Å². The second-order valence-electron chi connectivity index (χ2n) is 8.95. The summed E-state index contributed by atoms with van der Waals surface area (Å²) in [5.41, 5.74) is -0.415. The topological polar surface area (TPSA) is 191 Å². The second-order valence-corrected chi connectivity index (χ2v) is 11.9. The molecule has 15 nitrogen and oxygen atoms in total. The Bertz CT molecular complexity index is 1440. The van der Waals surface area contributed by atoms with Gasteiger partial charge in [-0.25, -0.2) is 14.3 Å². The molecule has 0 spiro atoms. The Hall–Kier alpha value is -3.51. The van der Waals surface area contributed by atoms with Crippen LogP contribution in [0, 0.1) is 0 Å². The molecular weight excluding hydrogens is 572 g/mol. The Morgan fingerprint density at radius 3 is 2.72 bits per heavy atom. The first-order valence-corrected chi connectivity index (χ1v) is 14.4. The lowest BCUT2D eigenvalue weighted by atomic mass is 10.0. The first kappa shape index (κ1) is 28.5. The normalized spacial score (nSPS) is 19.4. The molecule has 0 saturated carbocycles. The minimum Gasteiger partial charge on any atom is -0.477 e. The third-order valence-electron chi connectivity index (χ3n) is 5.90. The van der Waals surface area contributed by atoms with Crippen LogP contribution < -0.4 is 10.1 Å². The lowest BCUT2D eigenvalue weighted by Gasteiger charge is -2.49. The number of rotatable bonds is 7. The molecule has 208 valence electrons. The summed E-state index contributed by atoms with van der Waals surface area (Å²) in [6, 6.07) is -1.10. The number of aryl methyl sites for hydroxylation is 1. The van der Waals surface area contributed by atoms with E-state index in [0.717, 1.165) is 20.8 Å².